The zero-order valence-corrected chi connectivity index (χ0v) is 8.14. The lowest BCUT2D eigenvalue weighted by Gasteiger charge is -2.44. The Hall–Kier alpha value is -0.0400. The zero-order chi connectivity index (χ0) is 8.27. The third-order valence-electron chi connectivity index (χ3n) is 2.90. The average molecular weight is 155 g/mol. The Kier molecular flexibility index (Phi) is 3.38. The monoisotopic (exact) mass is 155 g/mol. The van der Waals surface area contributed by atoms with Crippen LogP contribution in [0.4, 0.5) is 0 Å². The van der Waals surface area contributed by atoms with Crippen molar-refractivity contribution in [1.29, 1.82) is 0 Å². The summed E-state index contributed by atoms with van der Waals surface area (Å²) in [5.41, 5.74) is 0. The smallest absolute Gasteiger partial charge is 0.0130 e. The first-order valence-electron chi connectivity index (χ1n) is 4.96. The molecule has 0 aromatic carbocycles. The molecule has 2 atom stereocenters. The van der Waals surface area contributed by atoms with Crippen LogP contribution in [0.3, 0.4) is 0 Å². The maximum absolute atomic E-state index is 2.49. The highest BCUT2D eigenvalue weighted by atomic mass is 15.2. The quantitative estimate of drug-likeness (QED) is 0.564. The second-order valence-electron chi connectivity index (χ2n) is 3.98. The lowest BCUT2D eigenvalue weighted by molar-refractivity contribution is 0.0454. The molecule has 0 amide bonds. The summed E-state index contributed by atoms with van der Waals surface area (Å²) in [6.07, 6.45) is 5.61. The normalized spacial score (nSPS) is 31.9. The fourth-order valence-electron chi connectivity index (χ4n) is 2.12. The van der Waals surface area contributed by atoms with Crippen molar-refractivity contribution in [3.63, 3.8) is 0 Å². The van der Waals surface area contributed by atoms with E-state index in [4.69, 9.17) is 0 Å². The molecule has 1 rings (SSSR count). The number of unbranched alkanes of at least 4 members (excludes halogenated alkanes) is 2. The van der Waals surface area contributed by atoms with Gasteiger partial charge in [0.15, 0.2) is 0 Å². The Bertz CT molecular complexity index is 103. The van der Waals surface area contributed by atoms with E-state index in [9.17, 15) is 0 Å². The fourth-order valence-corrected chi connectivity index (χ4v) is 2.12. The Morgan fingerprint density at radius 3 is 2.55 bits per heavy atom. The van der Waals surface area contributed by atoms with E-state index in [1.807, 2.05) is 0 Å². The SMILES string of the molecule is CCCCCC1C(C)CN1C. The van der Waals surface area contributed by atoms with Crippen molar-refractivity contribution in [3.05, 3.63) is 0 Å². The average Bonchev–Trinajstić information content (AvgIpc) is 1.98. The molecule has 1 fully saturated rings. The van der Waals surface area contributed by atoms with Crippen molar-refractivity contribution in [1.82, 2.24) is 4.90 Å². The maximum atomic E-state index is 2.49. The molecule has 1 aliphatic rings. The van der Waals surface area contributed by atoms with Gasteiger partial charge in [0.1, 0.15) is 0 Å². The van der Waals surface area contributed by atoms with Crippen molar-refractivity contribution < 1.29 is 0 Å². The first-order valence-corrected chi connectivity index (χ1v) is 4.96. The first kappa shape index (κ1) is 9.05. The summed E-state index contributed by atoms with van der Waals surface area (Å²) in [4.78, 5) is 2.49. The first-order chi connectivity index (χ1) is 5.25. The summed E-state index contributed by atoms with van der Waals surface area (Å²) in [5, 5.41) is 0. The van der Waals surface area contributed by atoms with Crippen molar-refractivity contribution in [2.45, 2.75) is 45.6 Å². The molecule has 1 aliphatic heterocycles. The third kappa shape index (κ3) is 2.19. The Balaban J connectivity index is 2.06. The second-order valence-corrected chi connectivity index (χ2v) is 3.98. The highest BCUT2D eigenvalue weighted by Crippen LogP contribution is 2.26. The minimum absolute atomic E-state index is 0.904. The molecule has 0 radical (unpaired) electrons. The fraction of sp³-hybridized carbons (Fsp3) is 1.00. The van der Waals surface area contributed by atoms with Crippen molar-refractivity contribution in [3.8, 4) is 0 Å². The number of hydrogen-bond acceptors (Lipinski definition) is 1. The molecule has 1 saturated heterocycles. The molecule has 0 aliphatic carbocycles. The molecule has 0 aromatic rings. The second kappa shape index (κ2) is 4.10. The van der Waals surface area contributed by atoms with E-state index < -0.39 is 0 Å². The van der Waals surface area contributed by atoms with E-state index in [0.29, 0.717) is 0 Å². The van der Waals surface area contributed by atoms with Crippen LogP contribution >= 0.6 is 0 Å². The van der Waals surface area contributed by atoms with Gasteiger partial charge in [0.25, 0.3) is 0 Å². The third-order valence-corrected chi connectivity index (χ3v) is 2.90. The molecule has 1 heteroatoms. The van der Waals surface area contributed by atoms with Crippen LogP contribution in [0.2, 0.25) is 0 Å². The number of rotatable bonds is 4. The van der Waals surface area contributed by atoms with Crippen molar-refractivity contribution in [2.24, 2.45) is 5.92 Å². The van der Waals surface area contributed by atoms with Crippen LogP contribution in [-0.4, -0.2) is 24.5 Å². The number of nitrogens with zero attached hydrogens (tertiary/aromatic N) is 1. The van der Waals surface area contributed by atoms with Crippen LogP contribution in [-0.2, 0) is 0 Å². The van der Waals surface area contributed by atoms with Gasteiger partial charge in [-0.2, -0.15) is 0 Å². The molecule has 0 aromatic heterocycles. The van der Waals surface area contributed by atoms with Gasteiger partial charge in [-0.3, -0.25) is 0 Å². The van der Waals surface area contributed by atoms with Gasteiger partial charge in [-0.05, 0) is 19.4 Å². The predicted octanol–water partition coefficient (Wildman–Crippen LogP) is 2.52. The van der Waals surface area contributed by atoms with Gasteiger partial charge in [0.2, 0.25) is 0 Å². The van der Waals surface area contributed by atoms with Gasteiger partial charge in [-0.15, -0.1) is 0 Å². The predicted molar refractivity (Wildman–Crippen MR) is 49.7 cm³/mol. The van der Waals surface area contributed by atoms with Crippen LogP contribution in [0, 0.1) is 5.92 Å². The molecule has 0 N–H and O–H groups in total. The lowest BCUT2D eigenvalue weighted by Crippen LogP contribution is -2.52. The summed E-state index contributed by atoms with van der Waals surface area (Å²) < 4.78 is 0. The van der Waals surface area contributed by atoms with Crippen LogP contribution in [0.5, 0.6) is 0 Å². The zero-order valence-electron chi connectivity index (χ0n) is 8.14. The molecule has 0 bridgehead atoms. The van der Waals surface area contributed by atoms with E-state index in [1.54, 1.807) is 0 Å². The van der Waals surface area contributed by atoms with E-state index in [-0.39, 0.29) is 0 Å². The molecule has 1 heterocycles. The van der Waals surface area contributed by atoms with Crippen LogP contribution in [0.25, 0.3) is 0 Å². The molecule has 0 saturated carbocycles. The molecule has 0 spiro atoms. The summed E-state index contributed by atoms with van der Waals surface area (Å²) in [6, 6.07) is 0.904. The van der Waals surface area contributed by atoms with E-state index in [1.165, 1.54) is 32.2 Å². The Morgan fingerprint density at radius 2 is 2.09 bits per heavy atom. The highest BCUT2D eigenvalue weighted by molar-refractivity contribution is 4.86. The van der Waals surface area contributed by atoms with Gasteiger partial charge in [0, 0.05) is 12.6 Å². The minimum atomic E-state index is 0.904. The van der Waals surface area contributed by atoms with Gasteiger partial charge in [-0.1, -0.05) is 33.1 Å². The van der Waals surface area contributed by atoms with Gasteiger partial charge < -0.3 is 4.90 Å². The Labute approximate surface area is 70.8 Å². The van der Waals surface area contributed by atoms with Crippen LogP contribution in [0.1, 0.15) is 39.5 Å². The minimum Gasteiger partial charge on any atom is -0.303 e. The van der Waals surface area contributed by atoms with Crippen molar-refractivity contribution in [2.75, 3.05) is 13.6 Å². The topological polar surface area (TPSA) is 3.24 Å². The van der Waals surface area contributed by atoms with Crippen LogP contribution < -0.4 is 0 Å². The molecule has 2 unspecified atom stereocenters. The molecule has 66 valence electrons. The Morgan fingerprint density at radius 1 is 1.36 bits per heavy atom. The molecule has 1 nitrogen and oxygen atoms in total. The summed E-state index contributed by atoms with van der Waals surface area (Å²) in [7, 11) is 2.25. The molecule has 11 heavy (non-hydrogen) atoms. The summed E-state index contributed by atoms with van der Waals surface area (Å²) in [6.45, 7) is 5.96. The maximum Gasteiger partial charge on any atom is 0.0130 e. The van der Waals surface area contributed by atoms with Gasteiger partial charge in [0.05, 0.1) is 0 Å². The van der Waals surface area contributed by atoms with E-state index in [0.717, 1.165) is 12.0 Å². The van der Waals surface area contributed by atoms with Crippen LogP contribution in [0.15, 0.2) is 0 Å². The highest BCUT2D eigenvalue weighted by Gasteiger charge is 2.31. The largest absolute Gasteiger partial charge is 0.303 e. The molecular weight excluding hydrogens is 134 g/mol. The number of hydrogen-bond donors (Lipinski definition) is 0. The standard InChI is InChI=1S/C10H21N/c1-4-5-6-7-10-9(2)8-11(10)3/h9-10H,4-8H2,1-3H3. The number of likely N-dealkylation sites (tertiary alicyclic amines) is 1. The molecular formula is C10H21N. The van der Waals surface area contributed by atoms with Crippen molar-refractivity contribution >= 4 is 0 Å². The van der Waals surface area contributed by atoms with E-state index in [2.05, 4.69) is 25.8 Å². The van der Waals surface area contributed by atoms with Gasteiger partial charge >= 0.3 is 0 Å². The summed E-state index contributed by atoms with van der Waals surface area (Å²) >= 11 is 0. The van der Waals surface area contributed by atoms with Gasteiger partial charge in [-0.25, -0.2) is 0 Å². The van der Waals surface area contributed by atoms with E-state index >= 15 is 0 Å². The lowest BCUT2D eigenvalue weighted by atomic mass is 9.87. The summed E-state index contributed by atoms with van der Waals surface area (Å²) in [5.74, 6) is 0.955.